The van der Waals surface area contributed by atoms with Gasteiger partial charge in [0.2, 0.25) is 0 Å². The molecule has 4 heteroatoms. The van der Waals surface area contributed by atoms with Gasteiger partial charge in [0.15, 0.2) is 0 Å². The van der Waals surface area contributed by atoms with Crippen molar-refractivity contribution >= 4 is 44.9 Å². The van der Waals surface area contributed by atoms with Crippen molar-refractivity contribution in [2.24, 2.45) is 5.92 Å². The standard InChI is InChI=1S/C12H14ClNS2/c1-9(6-13)7-15-8-12-14-10-4-2-3-5-11(10)16-12/h2-5,9H,6-8H2,1H3. The maximum Gasteiger partial charge on any atom is 0.104 e. The molecule has 1 heterocycles. The van der Waals surface area contributed by atoms with Gasteiger partial charge >= 0.3 is 0 Å². The van der Waals surface area contributed by atoms with Crippen LogP contribution in [-0.4, -0.2) is 16.6 Å². The maximum atomic E-state index is 5.77. The summed E-state index contributed by atoms with van der Waals surface area (Å²) in [6.07, 6.45) is 0. The third-order valence-corrected chi connectivity index (χ3v) is 5.26. The zero-order valence-corrected chi connectivity index (χ0v) is 11.5. The van der Waals surface area contributed by atoms with Gasteiger partial charge in [0.25, 0.3) is 0 Å². The molecule has 0 aliphatic carbocycles. The predicted octanol–water partition coefficient (Wildman–Crippen LogP) is 4.40. The molecule has 0 radical (unpaired) electrons. The van der Waals surface area contributed by atoms with Gasteiger partial charge in [-0.05, 0) is 23.8 Å². The van der Waals surface area contributed by atoms with Crippen molar-refractivity contribution in [1.29, 1.82) is 0 Å². The predicted molar refractivity (Wildman–Crippen MR) is 75.7 cm³/mol. The second-order valence-corrected chi connectivity index (χ2v) is 6.30. The number of para-hydroxylation sites is 1. The molecule has 86 valence electrons. The SMILES string of the molecule is CC(CCl)CSCc1nc2ccccc2s1. The second-order valence-electron chi connectivity index (χ2n) is 3.85. The fourth-order valence-corrected chi connectivity index (χ4v) is 3.74. The van der Waals surface area contributed by atoms with Gasteiger partial charge in [-0.15, -0.1) is 22.9 Å². The van der Waals surface area contributed by atoms with Crippen molar-refractivity contribution in [2.45, 2.75) is 12.7 Å². The fraction of sp³-hybridized carbons (Fsp3) is 0.417. The highest BCUT2D eigenvalue weighted by molar-refractivity contribution is 7.98. The zero-order chi connectivity index (χ0) is 11.4. The van der Waals surface area contributed by atoms with Crippen LogP contribution in [0.15, 0.2) is 24.3 Å². The van der Waals surface area contributed by atoms with Crippen LogP contribution in [0.3, 0.4) is 0 Å². The molecule has 0 bridgehead atoms. The lowest BCUT2D eigenvalue weighted by molar-refractivity contribution is 0.759. The van der Waals surface area contributed by atoms with E-state index in [-0.39, 0.29) is 0 Å². The zero-order valence-electron chi connectivity index (χ0n) is 9.15. The van der Waals surface area contributed by atoms with Crippen LogP contribution in [0, 0.1) is 5.92 Å². The minimum atomic E-state index is 0.584. The van der Waals surface area contributed by atoms with Crippen LogP contribution < -0.4 is 0 Å². The monoisotopic (exact) mass is 271 g/mol. The van der Waals surface area contributed by atoms with Crippen LogP contribution >= 0.6 is 34.7 Å². The van der Waals surface area contributed by atoms with E-state index in [4.69, 9.17) is 11.6 Å². The topological polar surface area (TPSA) is 12.9 Å². The first-order chi connectivity index (χ1) is 7.79. The summed E-state index contributed by atoms with van der Waals surface area (Å²) in [5.41, 5.74) is 1.12. The van der Waals surface area contributed by atoms with Gasteiger partial charge in [0, 0.05) is 11.6 Å². The number of rotatable bonds is 5. The van der Waals surface area contributed by atoms with Crippen LogP contribution in [0.4, 0.5) is 0 Å². The van der Waals surface area contributed by atoms with Crippen molar-refractivity contribution in [2.75, 3.05) is 11.6 Å². The van der Waals surface area contributed by atoms with Gasteiger partial charge in [-0.1, -0.05) is 19.1 Å². The molecule has 0 amide bonds. The molecule has 0 aliphatic rings. The Hall–Kier alpha value is -0.250. The smallest absolute Gasteiger partial charge is 0.104 e. The van der Waals surface area contributed by atoms with Gasteiger partial charge in [-0.25, -0.2) is 4.98 Å². The largest absolute Gasteiger partial charge is 0.240 e. The molecule has 0 spiro atoms. The summed E-state index contributed by atoms with van der Waals surface area (Å²) in [4.78, 5) is 4.60. The lowest BCUT2D eigenvalue weighted by atomic mass is 10.3. The highest BCUT2D eigenvalue weighted by Crippen LogP contribution is 2.25. The summed E-state index contributed by atoms with van der Waals surface area (Å²) in [5, 5.41) is 1.22. The Morgan fingerprint density at radius 2 is 2.25 bits per heavy atom. The van der Waals surface area contributed by atoms with E-state index in [0.29, 0.717) is 5.92 Å². The number of thiazole rings is 1. The Morgan fingerprint density at radius 1 is 1.44 bits per heavy atom. The molecular weight excluding hydrogens is 258 g/mol. The van der Waals surface area contributed by atoms with Crippen molar-refractivity contribution in [3.05, 3.63) is 29.3 Å². The average molecular weight is 272 g/mol. The van der Waals surface area contributed by atoms with Gasteiger partial charge < -0.3 is 0 Å². The third-order valence-electron chi connectivity index (χ3n) is 2.23. The molecule has 0 N–H and O–H groups in total. The van der Waals surface area contributed by atoms with Crippen LogP contribution in [0.2, 0.25) is 0 Å². The summed E-state index contributed by atoms with van der Waals surface area (Å²) in [6, 6.07) is 8.30. The van der Waals surface area contributed by atoms with E-state index in [1.165, 1.54) is 9.71 Å². The molecule has 1 aromatic carbocycles. The number of aromatic nitrogens is 1. The van der Waals surface area contributed by atoms with E-state index >= 15 is 0 Å². The summed E-state index contributed by atoms with van der Waals surface area (Å²) in [5.74, 6) is 3.44. The molecule has 1 unspecified atom stereocenters. The highest BCUT2D eigenvalue weighted by Gasteiger charge is 2.04. The molecule has 1 aromatic heterocycles. The maximum absolute atomic E-state index is 5.77. The Labute approximate surface area is 109 Å². The van der Waals surface area contributed by atoms with Gasteiger partial charge in [0.05, 0.1) is 10.2 Å². The van der Waals surface area contributed by atoms with E-state index in [1.807, 2.05) is 17.8 Å². The minimum absolute atomic E-state index is 0.584. The highest BCUT2D eigenvalue weighted by atomic mass is 35.5. The molecule has 1 atom stereocenters. The Kier molecular flexibility index (Phi) is 4.50. The van der Waals surface area contributed by atoms with E-state index < -0.39 is 0 Å². The van der Waals surface area contributed by atoms with Crippen LogP contribution in [-0.2, 0) is 5.75 Å². The van der Waals surface area contributed by atoms with E-state index in [1.54, 1.807) is 11.3 Å². The molecule has 0 saturated heterocycles. The fourth-order valence-electron chi connectivity index (χ4n) is 1.37. The number of thioether (sulfide) groups is 1. The number of halogens is 1. The molecule has 0 saturated carbocycles. The molecule has 2 rings (SSSR count). The molecule has 0 fully saturated rings. The molecule has 2 aromatic rings. The van der Waals surface area contributed by atoms with Crippen molar-refractivity contribution in [3.8, 4) is 0 Å². The Bertz CT molecular complexity index is 422. The van der Waals surface area contributed by atoms with Gasteiger partial charge in [0.1, 0.15) is 5.01 Å². The normalized spacial score (nSPS) is 13.1. The summed E-state index contributed by atoms with van der Waals surface area (Å²) in [7, 11) is 0. The van der Waals surface area contributed by atoms with Gasteiger partial charge in [-0.2, -0.15) is 11.8 Å². The number of benzene rings is 1. The van der Waals surface area contributed by atoms with Crippen LogP contribution in [0.25, 0.3) is 10.2 Å². The minimum Gasteiger partial charge on any atom is -0.240 e. The molecule has 16 heavy (non-hydrogen) atoms. The number of alkyl halides is 1. The Morgan fingerprint density at radius 3 is 3.00 bits per heavy atom. The van der Waals surface area contributed by atoms with Crippen LogP contribution in [0.5, 0.6) is 0 Å². The van der Waals surface area contributed by atoms with Crippen molar-refractivity contribution in [3.63, 3.8) is 0 Å². The number of nitrogens with zero attached hydrogens (tertiary/aromatic N) is 1. The van der Waals surface area contributed by atoms with E-state index in [2.05, 4.69) is 30.1 Å². The number of hydrogen-bond acceptors (Lipinski definition) is 3. The van der Waals surface area contributed by atoms with E-state index in [0.717, 1.165) is 22.9 Å². The number of fused-ring (bicyclic) bond motifs is 1. The molecular formula is C12H14ClNS2. The van der Waals surface area contributed by atoms with Crippen molar-refractivity contribution < 1.29 is 0 Å². The second kappa shape index (κ2) is 5.89. The first-order valence-corrected chi connectivity index (χ1v) is 7.78. The quantitative estimate of drug-likeness (QED) is 0.748. The molecule has 1 nitrogen and oxygen atoms in total. The summed E-state index contributed by atoms with van der Waals surface area (Å²) >= 11 is 9.48. The summed E-state index contributed by atoms with van der Waals surface area (Å²) in [6.45, 7) is 2.18. The summed E-state index contributed by atoms with van der Waals surface area (Å²) < 4.78 is 1.28. The van der Waals surface area contributed by atoms with Crippen LogP contribution in [0.1, 0.15) is 11.9 Å². The van der Waals surface area contributed by atoms with Gasteiger partial charge in [-0.3, -0.25) is 0 Å². The lowest BCUT2D eigenvalue weighted by Crippen LogP contribution is -1.99. The Balaban J connectivity index is 1.94. The van der Waals surface area contributed by atoms with E-state index in [9.17, 15) is 0 Å². The average Bonchev–Trinajstić information content (AvgIpc) is 2.71. The lowest BCUT2D eigenvalue weighted by Gasteiger charge is -2.04. The molecule has 0 aliphatic heterocycles. The number of hydrogen-bond donors (Lipinski definition) is 0. The first-order valence-electron chi connectivity index (χ1n) is 5.27. The first kappa shape index (κ1) is 12.2. The third kappa shape index (κ3) is 3.12. The van der Waals surface area contributed by atoms with Crippen molar-refractivity contribution in [1.82, 2.24) is 4.98 Å².